The number of aryl methyl sites for hydroxylation is 2. The fourth-order valence-corrected chi connectivity index (χ4v) is 3.55. The van der Waals surface area contributed by atoms with Crippen LogP contribution in [-0.2, 0) is 11.2 Å². The molecule has 26 heavy (non-hydrogen) atoms. The van der Waals surface area contributed by atoms with Crippen molar-refractivity contribution in [2.24, 2.45) is 0 Å². The normalized spacial score (nSPS) is 17.8. The van der Waals surface area contributed by atoms with E-state index in [1.165, 1.54) is 0 Å². The molecule has 1 heterocycles. The predicted molar refractivity (Wildman–Crippen MR) is 103 cm³/mol. The first-order chi connectivity index (χ1) is 12.4. The summed E-state index contributed by atoms with van der Waals surface area (Å²) in [5, 5.41) is 3.19. The molecule has 0 saturated carbocycles. The number of carbonyl (C=O) groups is 1. The highest BCUT2D eigenvalue weighted by Gasteiger charge is 2.34. The number of amides is 1. The van der Waals surface area contributed by atoms with E-state index in [1.807, 2.05) is 43.3 Å². The van der Waals surface area contributed by atoms with E-state index in [1.54, 1.807) is 7.11 Å². The minimum Gasteiger partial charge on any atom is -0.496 e. The quantitative estimate of drug-likeness (QED) is 0.869. The van der Waals surface area contributed by atoms with Gasteiger partial charge in [0.2, 0.25) is 5.91 Å². The molecule has 1 aliphatic rings. The second kappa shape index (κ2) is 7.40. The van der Waals surface area contributed by atoms with Crippen LogP contribution in [0.1, 0.15) is 49.4 Å². The average molecular weight is 353 g/mol. The molecule has 2 aromatic rings. The van der Waals surface area contributed by atoms with E-state index in [-0.39, 0.29) is 17.6 Å². The molecule has 0 spiro atoms. The van der Waals surface area contributed by atoms with E-state index < -0.39 is 0 Å². The van der Waals surface area contributed by atoms with Gasteiger partial charge in [-0.3, -0.25) is 4.79 Å². The Hall–Kier alpha value is -2.49. The lowest BCUT2D eigenvalue weighted by atomic mass is 9.89. The first kappa shape index (κ1) is 18.3. The molecule has 0 radical (unpaired) electrons. The molecule has 0 saturated heterocycles. The van der Waals surface area contributed by atoms with E-state index >= 15 is 0 Å². The van der Waals surface area contributed by atoms with Crippen LogP contribution >= 0.6 is 0 Å². The molecule has 2 aromatic carbocycles. The Morgan fingerprint density at radius 3 is 2.77 bits per heavy atom. The number of carbonyl (C=O) groups excluding carboxylic acids is 1. The fraction of sp³-hybridized carbons (Fsp3) is 0.409. The lowest BCUT2D eigenvalue weighted by Gasteiger charge is -2.37. The topological polar surface area (TPSA) is 47.6 Å². The maximum atomic E-state index is 12.5. The van der Waals surface area contributed by atoms with Crippen LogP contribution in [-0.4, -0.2) is 18.6 Å². The molecule has 3 rings (SSSR count). The number of nitrogens with one attached hydrogen (secondary N) is 1. The molecule has 0 aromatic heterocycles. The molecule has 0 bridgehead atoms. The van der Waals surface area contributed by atoms with Gasteiger partial charge in [0.1, 0.15) is 17.1 Å². The Bertz CT molecular complexity index is 798. The van der Waals surface area contributed by atoms with Crippen molar-refractivity contribution in [2.45, 2.75) is 51.7 Å². The second-order valence-corrected chi connectivity index (χ2v) is 7.53. The summed E-state index contributed by atoms with van der Waals surface area (Å²) in [6.07, 6.45) is 1.94. The van der Waals surface area contributed by atoms with Crippen LogP contribution in [0, 0.1) is 6.92 Å². The second-order valence-electron chi connectivity index (χ2n) is 7.53. The summed E-state index contributed by atoms with van der Waals surface area (Å²) in [7, 11) is 1.67. The minimum atomic E-state index is -0.292. The van der Waals surface area contributed by atoms with Gasteiger partial charge in [-0.15, -0.1) is 0 Å². The number of hydrogen-bond donors (Lipinski definition) is 1. The molecule has 1 N–H and O–H groups in total. The largest absolute Gasteiger partial charge is 0.496 e. The van der Waals surface area contributed by atoms with Crippen LogP contribution in [0.3, 0.4) is 0 Å². The van der Waals surface area contributed by atoms with E-state index in [2.05, 4.69) is 25.2 Å². The summed E-state index contributed by atoms with van der Waals surface area (Å²) < 4.78 is 11.3. The number of ether oxygens (including phenoxy) is 2. The summed E-state index contributed by atoms with van der Waals surface area (Å²) in [6, 6.07) is 14.0. The maximum absolute atomic E-state index is 12.5. The van der Waals surface area contributed by atoms with Crippen LogP contribution < -0.4 is 14.8 Å². The SMILES string of the molecule is COc1ccc(CCC(=O)N[C@@H]2CC(C)(C)Oc3ccccc32)cc1C. The molecule has 4 nitrogen and oxygen atoms in total. The van der Waals surface area contributed by atoms with Crippen molar-refractivity contribution in [3.63, 3.8) is 0 Å². The number of hydrogen-bond acceptors (Lipinski definition) is 3. The average Bonchev–Trinajstić information content (AvgIpc) is 2.59. The summed E-state index contributed by atoms with van der Waals surface area (Å²) in [5.41, 5.74) is 3.00. The molecule has 1 aliphatic heterocycles. The van der Waals surface area contributed by atoms with Crippen molar-refractivity contribution >= 4 is 5.91 Å². The predicted octanol–water partition coefficient (Wildman–Crippen LogP) is 4.35. The van der Waals surface area contributed by atoms with Crippen LogP contribution in [0.4, 0.5) is 0 Å². The number of para-hydroxylation sites is 1. The third-order valence-electron chi connectivity index (χ3n) is 4.81. The first-order valence-electron chi connectivity index (χ1n) is 9.09. The van der Waals surface area contributed by atoms with Crippen LogP contribution in [0.5, 0.6) is 11.5 Å². The van der Waals surface area contributed by atoms with Crippen molar-refractivity contribution in [3.05, 3.63) is 59.2 Å². The molecule has 138 valence electrons. The number of rotatable bonds is 5. The van der Waals surface area contributed by atoms with Gasteiger partial charge in [0, 0.05) is 18.4 Å². The Kier molecular flexibility index (Phi) is 5.21. The summed E-state index contributed by atoms with van der Waals surface area (Å²) in [6.45, 7) is 6.13. The van der Waals surface area contributed by atoms with Gasteiger partial charge in [-0.25, -0.2) is 0 Å². The monoisotopic (exact) mass is 353 g/mol. The fourth-order valence-electron chi connectivity index (χ4n) is 3.55. The van der Waals surface area contributed by atoms with E-state index in [0.29, 0.717) is 12.8 Å². The zero-order valence-electron chi connectivity index (χ0n) is 16.0. The summed E-state index contributed by atoms with van der Waals surface area (Å²) in [5.74, 6) is 1.80. The number of methoxy groups -OCH3 is 1. The van der Waals surface area contributed by atoms with Crippen molar-refractivity contribution < 1.29 is 14.3 Å². The van der Waals surface area contributed by atoms with Gasteiger partial charge in [0.15, 0.2) is 0 Å². The molecule has 4 heteroatoms. The van der Waals surface area contributed by atoms with Crippen LogP contribution in [0.2, 0.25) is 0 Å². The van der Waals surface area contributed by atoms with Gasteiger partial charge in [-0.05, 0) is 50.5 Å². The zero-order valence-corrected chi connectivity index (χ0v) is 16.0. The zero-order chi connectivity index (χ0) is 18.7. The van der Waals surface area contributed by atoms with E-state index in [4.69, 9.17) is 9.47 Å². The highest BCUT2D eigenvalue weighted by Crippen LogP contribution is 2.39. The lowest BCUT2D eigenvalue weighted by Crippen LogP contribution is -2.41. The number of benzene rings is 2. The first-order valence-corrected chi connectivity index (χ1v) is 9.09. The summed E-state index contributed by atoms with van der Waals surface area (Å²) >= 11 is 0. The van der Waals surface area contributed by atoms with E-state index in [9.17, 15) is 4.79 Å². The molecular weight excluding hydrogens is 326 g/mol. The highest BCUT2D eigenvalue weighted by atomic mass is 16.5. The maximum Gasteiger partial charge on any atom is 0.220 e. The van der Waals surface area contributed by atoms with Crippen molar-refractivity contribution in [2.75, 3.05) is 7.11 Å². The molecule has 0 unspecified atom stereocenters. The molecule has 1 amide bonds. The van der Waals surface area contributed by atoms with Gasteiger partial charge in [-0.2, -0.15) is 0 Å². The third-order valence-corrected chi connectivity index (χ3v) is 4.81. The Balaban J connectivity index is 1.64. The van der Waals surface area contributed by atoms with Crippen molar-refractivity contribution in [1.29, 1.82) is 0 Å². The molecular formula is C22H27NO3. The van der Waals surface area contributed by atoms with Gasteiger partial charge in [-0.1, -0.05) is 30.3 Å². The Morgan fingerprint density at radius 1 is 1.27 bits per heavy atom. The van der Waals surface area contributed by atoms with E-state index in [0.717, 1.165) is 34.6 Å². The van der Waals surface area contributed by atoms with Crippen molar-refractivity contribution in [3.8, 4) is 11.5 Å². The molecule has 0 fully saturated rings. The third kappa shape index (κ3) is 4.18. The smallest absolute Gasteiger partial charge is 0.220 e. The van der Waals surface area contributed by atoms with Crippen LogP contribution in [0.15, 0.2) is 42.5 Å². The summed E-state index contributed by atoms with van der Waals surface area (Å²) in [4.78, 5) is 12.5. The van der Waals surface area contributed by atoms with Gasteiger partial charge >= 0.3 is 0 Å². The van der Waals surface area contributed by atoms with Gasteiger partial charge in [0.25, 0.3) is 0 Å². The Morgan fingerprint density at radius 2 is 2.04 bits per heavy atom. The standard InChI is InChI=1S/C22H27NO3/c1-15-13-16(9-11-19(15)25-4)10-12-21(24)23-18-14-22(2,3)26-20-8-6-5-7-17(18)20/h5-9,11,13,18H,10,12,14H2,1-4H3,(H,23,24)/t18-/m1/s1. The molecule has 1 atom stereocenters. The van der Waals surface area contributed by atoms with Gasteiger partial charge < -0.3 is 14.8 Å². The minimum absolute atomic E-state index is 0.0138. The Labute approximate surface area is 155 Å². The van der Waals surface area contributed by atoms with Crippen LogP contribution in [0.25, 0.3) is 0 Å². The number of fused-ring (bicyclic) bond motifs is 1. The molecule has 0 aliphatic carbocycles. The van der Waals surface area contributed by atoms with Crippen molar-refractivity contribution in [1.82, 2.24) is 5.32 Å². The highest BCUT2D eigenvalue weighted by molar-refractivity contribution is 5.77. The van der Waals surface area contributed by atoms with Gasteiger partial charge in [0.05, 0.1) is 13.2 Å². The lowest BCUT2D eigenvalue weighted by molar-refractivity contribution is -0.122.